The van der Waals surface area contributed by atoms with Crippen molar-refractivity contribution >= 4 is 18.3 Å². The zero-order chi connectivity index (χ0) is 11.3. The fraction of sp³-hybridized carbons (Fsp3) is 0.917. The van der Waals surface area contributed by atoms with E-state index in [9.17, 15) is 4.79 Å². The van der Waals surface area contributed by atoms with E-state index in [2.05, 4.69) is 13.8 Å². The number of amides is 1. The SMILES string of the molecule is CCCN(CCC)C(=O)C1(N)CCCC1.Cl. The van der Waals surface area contributed by atoms with Gasteiger partial charge in [0.2, 0.25) is 5.91 Å². The maximum absolute atomic E-state index is 12.2. The Labute approximate surface area is 105 Å². The first-order valence-electron chi connectivity index (χ1n) is 6.22. The van der Waals surface area contributed by atoms with E-state index in [0.29, 0.717) is 0 Å². The molecule has 0 saturated heterocycles. The number of hydrogen-bond donors (Lipinski definition) is 1. The van der Waals surface area contributed by atoms with Gasteiger partial charge in [-0.25, -0.2) is 0 Å². The number of nitrogens with zero attached hydrogens (tertiary/aromatic N) is 1. The third-order valence-corrected chi connectivity index (χ3v) is 3.20. The minimum absolute atomic E-state index is 0. The van der Waals surface area contributed by atoms with E-state index in [-0.39, 0.29) is 18.3 Å². The molecule has 1 fully saturated rings. The lowest BCUT2D eigenvalue weighted by Gasteiger charge is -2.31. The van der Waals surface area contributed by atoms with Crippen molar-refractivity contribution in [1.82, 2.24) is 4.90 Å². The van der Waals surface area contributed by atoms with E-state index in [1.54, 1.807) is 0 Å². The fourth-order valence-electron chi connectivity index (χ4n) is 2.39. The first kappa shape index (κ1) is 15.7. The second-order valence-corrected chi connectivity index (χ2v) is 4.66. The molecule has 1 saturated carbocycles. The number of carbonyl (C=O) groups excluding carboxylic acids is 1. The minimum Gasteiger partial charge on any atom is -0.341 e. The molecule has 0 spiro atoms. The summed E-state index contributed by atoms with van der Waals surface area (Å²) in [6.07, 6.45) is 5.98. The van der Waals surface area contributed by atoms with E-state index < -0.39 is 5.54 Å². The molecule has 0 heterocycles. The van der Waals surface area contributed by atoms with Gasteiger partial charge in [-0.05, 0) is 25.7 Å². The Balaban J connectivity index is 0.00000225. The molecule has 1 amide bonds. The van der Waals surface area contributed by atoms with Crippen LogP contribution in [0.1, 0.15) is 52.4 Å². The molecule has 1 aliphatic rings. The van der Waals surface area contributed by atoms with Crippen LogP contribution in [0.4, 0.5) is 0 Å². The van der Waals surface area contributed by atoms with Crippen LogP contribution < -0.4 is 5.73 Å². The molecule has 0 aromatic rings. The third kappa shape index (κ3) is 3.63. The van der Waals surface area contributed by atoms with Crippen LogP contribution in [-0.4, -0.2) is 29.4 Å². The van der Waals surface area contributed by atoms with Crippen LogP contribution in [0.2, 0.25) is 0 Å². The van der Waals surface area contributed by atoms with Gasteiger partial charge in [-0.1, -0.05) is 26.7 Å². The molecule has 3 nitrogen and oxygen atoms in total. The van der Waals surface area contributed by atoms with Crippen molar-refractivity contribution < 1.29 is 4.79 Å². The van der Waals surface area contributed by atoms with E-state index in [1.165, 1.54) is 0 Å². The number of hydrogen-bond acceptors (Lipinski definition) is 2. The molecular formula is C12H25ClN2O. The van der Waals surface area contributed by atoms with Crippen LogP contribution in [0.25, 0.3) is 0 Å². The summed E-state index contributed by atoms with van der Waals surface area (Å²) in [4.78, 5) is 14.2. The van der Waals surface area contributed by atoms with Gasteiger partial charge in [-0.15, -0.1) is 12.4 Å². The molecule has 0 aliphatic heterocycles. The Morgan fingerprint density at radius 2 is 1.62 bits per heavy atom. The molecule has 2 N–H and O–H groups in total. The maximum atomic E-state index is 12.2. The van der Waals surface area contributed by atoms with Gasteiger partial charge in [-0.2, -0.15) is 0 Å². The average molecular weight is 249 g/mol. The molecular weight excluding hydrogens is 224 g/mol. The summed E-state index contributed by atoms with van der Waals surface area (Å²) in [6, 6.07) is 0. The quantitative estimate of drug-likeness (QED) is 0.812. The Hall–Kier alpha value is -0.280. The van der Waals surface area contributed by atoms with Crippen molar-refractivity contribution in [2.75, 3.05) is 13.1 Å². The third-order valence-electron chi connectivity index (χ3n) is 3.20. The summed E-state index contributed by atoms with van der Waals surface area (Å²) in [5.41, 5.74) is 5.64. The van der Waals surface area contributed by atoms with Gasteiger partial charge >= 0.3 is 0 Å². The Kier molecular flexibility index (Phi) is 7.00. The van der Waals surface area contributed by atoms with Crippen LogP contribution in [0.5, 0.6) is 0 Å². The predicted molar refractivity (Wildman–Crippen MR) is 69.8 cm³/mol. The molecule has 1 aliphatic carbocycles. The van der Waals surface area contributed by atoms with Crippen LogP contribution in [0.15, 0.2) is 0 Å². The molecule has 0 radical (unpaired) electrons. The second-order valence-electron chi connectivity index (χ2n) is 4.66. The van der Waals surface area contributed by atoms with Gasteiger partial charge in [0.1, 0.15) is 0 Å². The molecule has 0 bridgehead atoms. The lowest BCUT2D eigenvalue weighted by molar-refractivity contribution is -0.136. The average Bonchev–Trinajstić information content (AvgIpc) is 2.65. The van der Waals surface area contributed by atoms with Crippen molar-refractivity contribution in [2.45, 2.75) is 57.9 Å². The second kappa shape index (κ2) is 7.13. The number of nitrogens with two attached hydrogens (primary N) is 1. The normalized spacial score (nSPS) is 17.9. The van der Waals surface area contributed by atoms with Gasteiger partial charge in [0.25, 0.3) is 0 Å². The van der Waals surface area contributed by atoms with Crippen LogP contribution in [0.3, 0.4) is 0 Å². The van der Waals surface area contributed by atoms with Crippen molar-refractivity contribution in [2.24, 2.45) is 5.73 Å². The van der Waals surface area contributed by atoms with Crippen LogP contribution >= 0.6 is 12.4 Å². The smallest absolute Gasteiger partial charge is 0.242 e. The van der Waals surface area contributed by atoms with Crippen molar-refractivity contribution in [1.29, 1.82) is 0 Å². The van der Waals surface area contributed by atoms with Gasteiger partial charge in [0.05, 0.1) is 5.54 Å². The highest BCUT2D eigenvalue weighted by Gasteiger charge is 2.39. The minimum atomic E-state index is -0.537. The zero-order valence-electron chi connectivity index (χ0n) is 10.5. The molecule has 1 rings (SSSR count). The molecule has 0 atom stereocenters. The Morgan fingerprint density at radius 3 is 2.00 bits per heavy atom. The van der Waals surface area contributed by atoms with Crippen molar-refractivity contribution in [3.05, 3.63) is 0 Å². The summed E-state index contributed by atoms with van der Waals surface area (Å²) in [5, 5.41) is 0. The van der Waals surface area contributed by atoms with Gasteiger partial charge in [0.15, 0.2) is 0 Å². The van der Waals surface area contributed by atoms with Crippen LogP contribution in [0, 0.1) is 0 Å². The summed E-state index contributed by atoms with van der Waals surface area (Å²) >= 11 is 0. The zero-order valence-corrected chi connectivity index (χ0v) is 11.3. The van der Waals surface area contributed by atoms with Crippen molar-refractivity contribution in [3.8, 4) is 0 Å². The van der Waals surface area contributed by atoms with E-state index in [0.717, 1.165) is 51.6 Å². The molecule has 16 heavy (non-hydrogen) atoms. The maximum Gasteiger partial charge on any atom is 0.242 e. The summed E-state index contributed by atoms with van der Waals surface area (Å²) < 4.78 is 0. The fourth-order valence-corrected chi connectivity index (χ4v) is 2.39. The highest BCUT2D eigenvalue weighted by molar-refractivity contribution is 5.86. The topological polar surface area (TPSA) is 46.3 Å². The standard InChI is InChI=1S/C12H24N2O.ClH/c1-3-9-14(10-4-2)11(15)12(13)7-5-6-8-12;/h3-10,13H2,1-2H3;1H. The van der Waals surface area contributed by atoms with E-state index in [4.69, 9.17) is 5.73 Å². The largest absolute Gasteiger partial charge is 0.341 e. The van der Waals surface area contributed by atoms with Gasteiger partial charge in [0, 0.05) is 13.1 Å². The molecule has 0 aromatic heterocycles. The Morgan fingerprint density at radius 1 is 1.19 bits per heavy atom. The number of carbonyl (C=O) groups is 1. The highest BCUT2D eigenvalue weighted by Crippen LogP contribution is 2.29. The van der Waals surface area contributed by atoms with E-state index in [1.807, 2.05) is 4.90 Å². The lowest BCUT2D eigenvalue weighted by atomic mass is 9.97. The molecule has 0 unspecified atom stereocenters. The summed E-state index contributed by atoms with van der Waals surface area (Å²) in [5.74, 6) is 0.184. The monoisotopic (exact) mass is 248 g/mol. The first-order chi connectivity index (χ1) is 7.14. The summed E-state index contributed by atoms with van der Waals surface area (Å²) in [7, 11) is 0. The lowest BCUT2D eigenvalue weighted by Crippen LogP contribution is -2.53. The van der Waals surface area contributed by atoms with Gasteiger partial charge in [-0.3, -0.25) is 4.79 Å². The van der Waals surface area contributed by atoms with Crippen molar-refractivity contribution in [3.63, 3.8) is 0 Å². The van der Waals surface area contributed by atoms with E-state index >= 15 is 0 Å². The molecule has 0 aromatic carbocycles. The highest BCUT2D eigenvalue weighted by atomic mass is 35.5. The predicted octanol–water partition coefficient (Wildman–Crippen LogP) is 2.33. The molecule has 96 valence electrons. The number of halogens is 1. The first-order valence-corrected chi connectivity index (χ1v) is 6.22. The van der Waals surface area contributed by atoms with Gasteiger partial charge < -0.3 is 10.6 Å². The Bertz CT molecular complexity index is 209. The van der Waals surface area contributed by atoms with Crippen LogP contribution in [-0.2, 0) is 4.79 Å². The number of rotatable bonds is 5. The summed E-state index contributed by atoms with van der Waals surface area (Å²) in [6.45, 7) is 5.92. The molecule has 4 heteroatoms.